The van der Waals surface area contributed by atoms with Gasteiger partial charge in [0.1, 0.15) is 0 Å². The average molecular weight is 534 g/mol. The van der Waals surface area contributed by atoms with Crippen LogP contribution in [0, 0.1) is 10.1 Å². The van der Waals surface area contributed by atoms with Crippen LogP contribution in [0.5, 0.6) is 5.75 Å². The molecule has 0 spiro atoms. The third-order valence-corrected chi connectivity index (χ3v) is 5.95. The summed E-state index contributed by atoms with van der Waals surface area (Å²) in [6, 6.07) is 7.29. The Bertz CT molecular complexity index is 1110. The Labute approximate surface area is 193 Å². The summed E-state index contributed by atoms with van der Waals surface area (Å²) in [5, 5.41) is 7.57. The van der Waals surface area contributed by atoms with E-state index in [1.807, 2.05) is 5.32 Å². The van der Waals surface area contributed by atoms with Gasteiger partial charge in [-0.15, -0.1) is 0 Å². The first-order valence-corrected chi connectivity index (χ1v) is 11.1. The van der Waals surface area contributed by atoms with Crippen LogP contribution < -0.4 is 10.1 Å². The molecule has 0 aliphatic heterocycles. The Morgan fingerprint density at radius 2 is 1.74 bits per heavy atom. The number of ether oxygens (including phenoxy) is 1. The lowest BCUT2D eigenvalue weighted by Crippen LogP contribution is -2.49. The zero-order valence-corrected chi connectivity index (χ0v) is 18.3. The summed E-state index contributed by atoms with van der Waals surface area (Å²) in [4.78, 5) is 21.7. The number of para-hydroxylation sites is 1. The fraction of sp³-hybridized carbons (Fsp3) is 0.278. The van der Waals surface area contributed by atoms with E-state index in [1.54, 1.807) is 0 Å². The molecule has 0 radical (unpaired) electrons. The van der Waals surface area contributed by atoms with Gasteiger partial charge >= 0.3 is 23.0 Å². The number of nitrogens with one attached hydrogen (secondary N) is 1. The number of carbonyl (C=O) groups excluding carboxylic acids is 1. The second-order valence-corrected chi connectivity index (χ2v) is 8.90. The number of nitro benzene ring substituents is 1. The molecule has 2 aromatic carbocycles. The molecule has 1 N–H and O–H groups in total. The normalized spacial score (nSPS) is 13.3. The minimum absolute atomic E-state index is 0.103. The van der Waals surface area contributed by atoms with Gasteiger partial charge in [0.05, 0.1) is 21.4 Å². The lowest BCUT2D eigenvalue weighted by molar-refractivity contribution is -0.386. The fourth-order valence-corrected chi connectivity index (χ4v) is 3.73. The van der Waals surface area contributed by atoms with E-state index >= 15 is 0 Å². The molecule has 0 aliphatic rings. The van der Waals surface area contributed by atoms with Crippen molar-refractivity contribution in [3.8, 4) is 5.75 Å². The maximum atomic E-state index is 13.7. The Morgan fingerprint density at radius 1 is 1.12 bits per heavy atom. The van der Waals surface area contributed by atoms with Crippen molar-refractivity contribution in [2.75, 3.05) is 18.2 Å². The molecule has 0 aliphatic carbocycles. The van der Waals surface area contributed by atoms with Crippen LogP contribution in [0.25, 0.3) is 0 Å². The van der Waals surface area contributed by atoms with Crippen molar-refractivity contribution in [2.45, 2.75) is 27.1 Å². The van der Waals surface area contributed by atoms with Crippen molar-refractivity contribution < 1.29 is 49.4 Å². The number of hydrogen-bond donors (Lipinski definition) is 1. The maximum Gasteiger partial charge on any atom is 0.460 e. The third-order valence-electron chi connectivity index (χ3n) is 3.94. The van der Waals surface area contributed by atoms with Crippen LogP contribution in [0.3, 0.4) is 0 Å². The highest BCUT2D eigenvalue weighted by Crippen LogP contribution is 2.54. The highest BCUT2D eigenvalue weighted by molar-refractivity contribution is 8.00. The first kappa shape index (κ1) is 27.4. The molecule has 34 heavy (non-hydrogen) atoms. The Kier molecular flexibility index (Phi) is 8.18. The lowest BCUT2D eigenvalue weighted by Gasteiger charge is -2.28. The Balaban J connectivity index is 2.17. The molecule has 1 amide bonds. The highest BCUT2D eigenvalue weighted by Gasteiger charge is 2.73. The molecule has 0 heterocycles. The zero-order chi connectivity index (χ0) is 25.9. The van der Waals surface area contributed by atoms with Crippen LogP contribution in [0.2, 0.25) is 0 Å². The van der Waals surface area contributed by atoms with Gasteiger partial charge in [-0.1, -0.05) is 12.1 Å². The standard InChI is InChI=1S/C18H13F7N2O5S2/c1-34(31)10-6-7-13(12(8-10)27(29)30)32-9-15(28)26-11-4-2-3-5-14(11)33-18(24,25)16(19,20)17(21,22)23/h2-8H,9H2,1H3,(H,26,28). The molecule has 7 nitrogen and oxygen atoms in total. The number of carbonyl (C=O) groups is 1. The SMILES string of the molecule is CS(=O)c1ccc(OCC(=O)Nc2ccccc2SC(F)(F)C(F)(F)C(F)(F)F)c([N+](=O)[O-])c1. The van der Waals surface area contributed by atoms with Crippen molar-refractivity contribution in [1.82, 2.24) is 0 Å². The molecule has 186 valence electrons. The predicted octanol–water partition coefficient (Wildman–Crippen LogP) is 5.23. The summed E-state index contributed by atoms with van der Waals surface area (Å²) >= 11 is -1.10. The fourth-order valence-electron chi connectivity index (χ4n) is 2.30. The second-order valence-electron chi connectivity index (χ2n) is 6.36. The molecule has 0 fully saturated rings. The molecule has 0 saturated carbocycles. The predicted molar refractivity (Wildman–Crippen MR) is 108 cm³/mol. The number of amides is 1. The van der Waals surface area contributed by atoms with Gasteiger partial charge in [-0.2, -0.15) is 30.7 Å². The molecule has 1 atom stereocenters. The van der Waals surface area contributed by atoms with Crippen LogP contribution in [0.1, 0.15) is 0 Å². The zero-order valence-electron chi connectivity index (χ0n) is 16.7. The number of halogens is 7. The average Bonchev–Trinajstić information content (AvgIpc) is 2.72. The van der Waals surface area contributed by atoms with Gasteiger partial charge in [0.2, 0.25) is 0 Å². The monoisotopic (exact) mass is 534 g/mol. The largest absolute Gasteiger partial charge is 0.477 e. The van der Waals surface area contributed by atoms with Crippen molar-refractivity contribution >= 4 is 39.8 Å². The van der Waals surface area contributed by atoms with Crippen LogP contribution >= 0.6 is 11.8 Å². The van der Waals surface area contributed by atoms with E-state index in [1.165, 1.54) is 18.4 Å². The van der Waals surface area contributed by atoms with Gasteiger partial charge in [0.25, 0.3) is 5.91 Å². The van der Waals surface area contributed by atoms with Crippen LogP contribution in [-0.2, 0) is 15.6 Å². The number of benzene rings is 2. The molecular weight excluding hydrogens is 521 g/mol. The molecule has 1 unspecified atom stereocenters. The van der Waals surface area contributed by atoms with Crippen LogP contribution in [0.4, 0.5) is 42.1 Å². The van der Waals surface area contributed by atoms with Gasteiger partial charge in [0, 0.05) is 22.1 Å². The smallest absolute Gasteiger partial charge is 0.460 e. The van der Waals surface area contributed by atoms with E-state index < -0.39 is 79.4 Å². The molecule has 2 aromatic rings. The van der Waals surface area contributed by atoms with Crippen LogP contribution in [0.15, 0.2) is 52.3 Å². The number of hydrogen-bond acceptors (Lipinski definition) is 6. The van der Waals surface area contributed by atoms with Crippen molar-refractivity contribution in [1.29, 1.82) is 0 Å². The van der Waals surface area contributed by atoms with E-state index in [4.69, 9.17) is 4.74 Å². The lowest BCUT2D eigenvalue weighted by atomic mass is 10.3. The minimum Gasteiger partial charge on any atom is -0.477 e. The minimum atomic E-state index is -6.52. The van der Waals surface area contributed by atoms with Crippen molar-refractivity contribution in [3.63, 3.8) is 0 Å². The molecule has 2 rings (SSSR count). The Morgan fingerprint density at radius 3 is 2.29 bits per heavy atom. The van der Waals surface area contributed by atoms with Gasteiger partial charge in [0.15, 0.2) is 12.4 Å². The number of anilines is 1. The molecule has 0 bridgehead atoms. The third kappa shape index (κ3) is 6.16. The van der Waals surface area contributed by atoms with Gasteiger partial charge in [-0.05, 0) is 36.0 Å². The first-order valence-electron chi connectivity index (χ1n) is 8.71. The summed E-state index contributed by atoms with van der Waals surface area (Å²) in [6.45, 7) is -0.913. The van der Waals surface area contributed by atoms with Gasteiger partial charge in [-0.25, -0.2) is 0 Å². The van der Waals surface area contributed by atoms with E-state index in [9.17, 15) is 49.9 Å². The molecule has 16 heteroatoms. The molecular formula is C18H13F7N2O5S2. The number of nitro groups is 1. The Hall–Kier alpha value is -2.88. The number of alkyl halides is 7. The summed E-state index contributed by atoms with van der Waals surface area (Å²) in [5.41, 5.74) is -1.14. The van der Waals surface area contributed by atoms with E-state index in [2.05, 4.69) is 0 Å². The first-order chi connectivity index (χ1) is 15.6. The number of nitrogens with zero attached hydrogens (tertiary/aromatic N) is 1. The summed E-state index contributed by atoms with van der Waals surface area (Å²) in [6.07, 6.45) is -5.25. The summed E-state index contributed by atoms with van der Waals surface area (Å²) < 4.78 is 108. The van der Waals surface area contributed by atoms with E-state index in [0.29, 0.717) is 0 Å². The van der Waals surface area contributed by atoms with E-state index in [0.717, 1.165) is 30.3 Å². The summed E-state index contributed by atoms with van der Waals surface area (Å²) in [7, 11) is -1.55. The maximum absolute atomic E-state index is 13.7. The molecule has 0 aromatic heterocycles. The molecule has 0 saturated heterocycles. The van der Waals surface area contributed by atoms with E-state index in [-0.39, 0.29) is 4.90 Å². The van der Waals surface area contributed by atoms with Crippen molar-refractivity contribution in [2.24, 2.45) is 0 Å². The summed E-state index contributed by atoms with van der Waals surface area (Å²) in [5.74, 6) is -7.84. The second kappa shape index (κ2) is 10.2. The number of rotatable bonds is 9. The van der Waals surface area contributed by atoms with Crippen molar-refractivity contribution in [3.05, 3.63) is 52.6 Å². The van der Waals surface area contributed by atoms with Gasteiger partial charge < -0.3 is 10.1 Å². The topological polar surface area (TPSA) is 98.5 Å². The quantitative estimate of drug-likeness (QED) is 0.205. The van der Waals surface area contributed by atoms with Gasteiger partial charge in [-0.3, -0.25) is 19.1 Å². The number of thioether (sulfide) groups is 1. The van der Waals surface area contributed by atoms with Crippen LogP contribution in [-0.4, -0.2) is 45.3 Å². The highest BCUT2D eigenvalue weighted by atomic mass is 32.2.